The Morgan fingerprint density at radius 2 is 1.90 bits per heavy atom. The normalized spacial score (nSPS) is 16.3. The topological polar surface area (TPSA) is 71.8 Å². The fourth-order valence-electron chi connectivity index (χ4n) is 5.04. The molecule has 0 bridgehead atoms. The molecule has 1 N–H and O–H groups in total. The van der Waals surface area contributed by atoms with Crippen LogP contribution >= 0.6 is 0 Å². The van der Waals surface area contributed by atoms with E-state index in [1.165, 1.54) is 12.1 Å². The largest absolute Gasteiger partial charge is 0.416 e. The maximum absolute atomic E-state index is 13.9. The first-order valence-electron chi connectivity index (χ1n) is 12.4. The smallest absolute Gasteiger partial charge is 0.380 e. The highest BCUT2D eigenvalue weighted by Crippen LogP contribution is 2.40. The van der Waals surface area contributed by atoms with Gasteiger partial charge in [0.25, 0.3) is 5.91 Å². The summed E-state index contributed by atoms with van der Waals surface area (Å²) in [6, 6.07) is 14.4. The SMILES string of the molecule is Cc1ccc(C(=O)Nc2ccc(CN3CC4(COC4)C3)c(C(F)(F)F)c2)cc1C#Cc1nnc2ccccn12. The van der Waals surface area contributed by atoms with Crippen LogP contribution < -0.4 is 5.32 Å². The van der Waals surface area contributed by atoms with Gasteiger partial charge in [0.15, 0.2) is 5.65 Å². The first kappa shape index (κ1) is 25.1. The van der Waals surface area contributed by atoms with Gasteiger partial charge in [-0.05, 0) is 60.4 Å². The maximum Gasteiger partial charge on any atom is 0.416 e. The molecule has 198 valence electrons. The molecule has 0 radical (unpaired) electrons. The van der Waals surface area contributed by atoms with Crippen molar-refractivity contribution in [1.82, 2.24) is 19.5 Å². The number of amides is 1. The van der Waals surface area contributed by atoms with Crippen LogP contribution in [-0.2, 0) is 17.5 Å². The van der Waals surface area contributed by atoms with Crippen molar-refractivity contribution in [1.29, 1.82) is 0 Å². The van der Waals surface area contributed by atoms with Crippen molar-refractivity contribution in [2.45, 2.75) is 19.6 Å². The van der Waals surface area contributed by atoms with Crippen LogP contribution in [0, 0.1) is 24.2 Å². The molecule has 7 nitrogen and oxygen atoms in total. The summed E-state index contributed by atoms with van der Waals surface area (Å²) in [5, 5.41) is 10.8. The predicted molar refractivity (Wildman–Crippen MR) is 138 cm³/mol. The van der Waals surface area contributed by atoms with Crippen LogP contribution in [-0.4, -0.2) is 51.7 Å². The minimum Gasteiger partial charge on any atom is -0.380 e. The van der Waals surface area contributed by atoms with Crippen molar-refractivity contribution in [3.05, 3.63) is 94.4 Å². The van der Waals surface area contributed by atoms with E-state index in [0.29, 0.717) is 30.2 Å². The van der Waals surface area contributed by atoms with E-state index < -0.39 is 17.6 Å². The Balaban J connectivity index is 1.20. The number of carbonyl (C=O) groups excluding carboxylic acids is 1. The summed E-state index contributed by atoms with van der Waals surface area (Å²) < 4.78 is 48.7. The summed E-state index contributed by atoms with van der Waals surface area (Å²) >= 11 is 0. The van der Waals surface area contributed by atoms with Crippen LogP contribution in [0.4, 0.5) is 18.9 Å². The Hall–Kier alpha value is -4.20. The fourth-order valence-corrected chi connectivity index (χ4v) is 5.04. The summed E-state index contributed by atoms with van der Waals surface area (Å²) in [5.74, 6) is 5.94. The first-order valence-corrected chi connectivity index (χ1v) is 12.4. The summed E-state index contributed by atoms with van der Waals surface area (Å²) in [7, 11) is 0. The monoisotopic (exact) mass is 531 g/mol. The molecular formula is C29H24F3N5O2. The van der Waals surface area contributed by atoms with Crippen molar-refractivity contribution in [2.75, 3.05) is 31.6 Å². The van der Waals surface area contributed by atoms with E-state index in [1.807, 2.05) is 30.0 Å². The number of carbonyl (C=O) groups is 1. The van der Waals surface area contributed by atoms with Gasteiger partial charge in [0.2, 0.25) is 5.82 Å². The zero-order valence-electron chi connectivity index (χ0n) is 21.0. The van der Waals surface area contributed by atoms with Crippen molar-refractivity contribution in [3.63, 3.8) is 0 Å². The van der Waals surface area contributed by atoms with Crippen LogP contribution in [0.2, 0.25) is 0 Å². The molecule has 2 aromatic heterocycles. The molecule has 0 unspecified atom stereocenters. The summed E-state index contributed by atoms with van der Waals surface area (Å²) in [6.07, 6.45) is -2.74. The molecule has 2 aromatic carbocycles. The van der Waals surface area contributed by atoms with E-state index in [2.05, 4.69) is 27.4 Å². The third-order valence-electron chi connectivity index (χ3n) is 7.12. The zero-order valence-corrected chi connectivity index (χ0v) is 21.0. The second kappa shape index (κ2) is 9.52. The van der Waals surface area contributed by atoms with Gasteiger partial charge in [-0.15, -0.1) is 10.2 Å². The standard InChI is InChI=1S/C29H24F3N5O2/c1-19-5-6-21(12-20(19)8-10-26-35-34-25-4-2-3-11-37(25)26)27(38)33-23-9-7-22(24(13-23)29(30,31)32)14-36-15-28(16-36)17-39-18-28/h2-7,9,11-13H,14-18H2,1H3,(H,33,38). The van der Waals surface area contributed by atoms with Gasteiger partial charge in [-0.3, -0.25) is 14.1 Å². The molecule has 4 heterocycles. The lowest BCUT2D eigenvalue weighted by Crippen LogP contribution is -2.65. The number of alkyl halides is 3. The maximum atomic E-state index is 13.9. The number of fused-ring (bicyclic) bond motifs is 1. The van der Waals surface area contributed by atoms with Gasteiger partial charge in [-0.1, -0.05) is 24.1 Å². The molecule has 39 heavy (non-hydrogen) atoms. The highest BCUT2D eigenvalue weighted by atomic mass is 19.4. The number of hydrogen-bond acceptors (Lipinski definition) is 5. The van der Waals surface area contributed by atoms with E-state index >= 15 is 0 Å². The van der Waals surface area contributed by atoms with Gasteiger partial charge in [0.05, 0.1) is 18.8 Å². The lowest BCUT2D eigenvalue weighted by atomic mass is 9.78. The van der Waals surface area contributed by atoms with Crippen LogP contribution in [0.25, 0.3) is 5.65 Å². The molecule has 0 atom stereocenters. The number of anilines is 1. The number of aryl methyl sites for hydroxylation is 1. The fraction of sp³-hybridized carbons (Fsp3) is 0.276. The highest BCUT2D eigenvalue weighted by molar-refractivity contribution is 6.04. The van der Waals surface area contributed by atoms with E-state index in [9.17, 15) is 18.0 Å². The number of pyridine rings is 1. The summed E-state index contributed by atoms with van der Waals surface area (Å²) in [6.45, 7) is 4.87. The van der Waals surface area contributed by atoms with E-state index in [0.717, 1.165) is 24.7 Å². The summed E-state index contributed by atoms with van der Waals surface area (Å²) in [4.78, 5) is 15.0. The number of aromatic nitrogens is 3. The predicted octanol–water partition coefficient (Wildman–Crippen LogP) is 4.54. The molecule has 2 aliphatic rings. The van der Waals surface area contributed by atoms with Crippen LogP contribution in [0.3, 0.4) is 0 Å². The number of ether oxygens (including phenoxy) is 1. The van der Waals surface area contributed by atoms with E-state index in [4.69, 9.17) is 4.74 Å². The average molecular weight is 532 g/mol. The Kier molecular flexibility index (Phi) is 6.13. The molecule has 2 saturated heterocycles. The molecule has 1 amide bonds. The molecule has 6 rings (SSSR count). The summed E-state index contributed by atoms with van der Waals surface area (Å²) in [5.41, 5.74) is 2.02. The average Bonchev–Trinajstić information content (AvgIpc) is 3.27. The number of rotatable bonds is 4. The molecular weight excluding hydrogens is 507 g/mol. The Morgan fingerprint density at radius 3 is 2.64 bits per heavy atom. The first-order chi connectivity index (χ1) is 18.7. The Labute approximate surface area is 222 Å². The quantitative estimate of drug-likeness (QED) is 0.392. The number of nitrogens with one attached hydrogen (secondary N) is 1. The lowest BCUT2D eigenvalue weighted by Gasteiger charge is -2.55. The van der Waals surface area contributed by atoms with Gasteiger partial charge in [0.1, 0.15) is 0 Å². The Bertz CT molecular complexity index is 1640. The minimum atomic E-state index is -4.54. The molecule has 0 aliphatic carbocycles. The third kappa shape index (κ3) is 4.99. The number of benzene rings is 2. The van der Waals surface area contributed by atoms with Crippen molar-refractivity contribution >= 4 is 17.2 Å². The molecule has 10 heteroatoms. The Morgan fingerprint density at radius 1 is 1.08 bits per heavy atom. The molecule has 2 aliphatic heterocycles. The van der Waals surface area contributed by atoms with Gasteiger partial charge in [-0.25, -0.2) is 0 Å². The number of hydrogen-bond donors (Lipinski definition) is 1. The van der Waals surface area contributed by atoms with Crippen molar-refractivity contribution in [3.8, 4) is 11.8 Å². The third-order valence-corrected chi connectivity index (χ3v) is 7.12. The van der Waals surface area contributed by atoms with E-state index in [1.54, 1.807) is 28.8 Å². The zero-order chi connectivity index (χ0) is 27.2. The van der Waals surface area contributed by atoms with Gasteiger partial charge >= 0.3 is 6.18 Å². The second-order valence-corrected chi connectivity index (χ2v) is 10.2. The second-order valence-electron chi connectivity index (χ2n) is 10.2. The van der Waals surface area contributed by atoms with Gasteiger partial charge in [-0.2, -0.15) is 13.2 Å². The van der Waals surface area contributed by atoms with Crippen LogP contribution in [0.5, 0.6) is 0 Å². The highest BCUT2D eigenvalue weighted by Gasteiger charge is 2.49. The molecule has 1 spiro atoms. The minimum absolute atomic E-state index is 0.0756. The van der Waals surface area contributed by atoms with Gasteiger partial charge in [0, 0.05) is 48.1 Å². The molecule has 0 saturated carbocycles. The van der Waals surface area contributed by atoms with Crippen LogP contribution in [0.1, 0.15) is 38.4 Å². The van der Waals surface area contributed by atoms with E-state index in [-0.39, 0.29) is 28.8 Å². The molecule has 4 aromatic rings. The number of likely N-dealkylation sites (tertiary alicyclic amines) is 1. The number of nitrogens with zero attached hydrogens (tertiary/aromatic N) is 4. The van der Waals surface area contributed by atoms with Gasteiger partial charge < -0.3 is 10.1 Å². The van der Waals surface area contributed by atoms with Crippen molar-refractivity contribution < 1.29 is 22.7 Å². The lowest BCUT2D eigenvalue weighted by molar-refractivity contribution is -0.191. The van der Waals surface area contributed by atoms with Crippen LogP contribution in [0.15, 0.2) is 60.8 Å². The molecule has 2 fully saturated rings. The number of halogens is 3. The van der Waals surface area contributed by atoms with Crippen molar-refractivity contribution in [2.24, 2.45) is 5.41 Å².